The van der Waals surface area contributed by atoms with Crippen LogP contribution in [0, 0.1) is 5.82 Å². The molecule has 0 bridgehead atoms. The smallest absolute Gasteiger partial charge is 0.305 e. The lowest BCUT2D eigenvalue weighted by Gasteiger charge is -2.12. The summed E-state index contributed by atoms with van der Waals surface area (Å²) in [6, 6.07) is 4.09. The Kier molecular flexibility index (Phi) is 24.1. The van der Waals surface area contributed by atoms with Crippen molar-refractivity contribution in [2.24, 2.45) is 0 Å². The van der Waals surface area contributed by atoms with Gasteiger partial charge in [0.25, 0.3) is 0 Å². The van der Waals surface area contributed by atoms with Gasteiger partial charge in [-0.05, 0) is 32.0 Å². The maximum Gasteiger partial charge on any atom is 0.305 e. The van der Waals surface area contributed by atoms with Gasteiger partial charge in [0.05, 0.1) is 20.0 Å². The average molecular weight is 510 g/mol. The van der Waals surface area contributed by atoms with Gasteiger partial charge in [-0.2, -0.15) is 0 Å². The fourth-order valence-electron chi connectivity index (χ4n) is 2.58. The van der Waals surface area contributed by atoms with E-state index in [1.165, 1.54) is 12.1 Å². The monoisotopic (exact) mass is 509 g/mol. The molecule has 0 radical (unpaired) electrons. The van der Waals surface area contributed by atoms with Crippen LogP contribution in [0.4, 0.5) is 4.39 Å². The van der Waals surface area contributed by atoms with Crippen molar-refractivity contribution in [3.63, 3.8) is 0 Å². The molecule has 0 aliphatic carbocycles. The van der Waals surface area contributed by atoms with E-state index in [-0.39, 0.29) is 31.0 Å². The van der Waals surface area contributed by atoms with Crippen molar-refractivity contribution in [1.29, 1.82) is 0 Å². The SMILES string of the molecule is C=C/C=C(C)\C=C/C(C)c1cc(F)ccc1OC.CC.CC.CC(CC(=O)O)NC(=O)CCC(=O)O. The number of rotatable bonds is 11. The summed E-state index contributed by atoms with van der Waals surface area (Å²) in [6.07, 6.45) is 7.15. The molecule has 36 heavy (non-hydrogen) atoms. The van der Waals surface area contributed by atoms with E-state index in [0.717, 1.165) is 11.1 Å². The average Bonchev–Trinajstić information content (AvgIpc) is 2.83. The molecule has 0 heterocycles. The van der Waals surface area contributed by atoms with E-state index in [4.69, 9.17) is 14.9 Å². The minimum absolute atomic E-state index is 0.0869. The molecule has 0 aromatic heterocycles. The number of ether oxygens (including phenoxy) is 1. The number of carbonyl (C=O) groups is 3. The highest BCUT2D eigenvalue weighted by Crippen LogP contribution is 2.28. The Morgan fingerprint density at radius 3 is 2.14 bits per heavy atom. The van der Waals surface area contributed by atoms with Crippen molar-refractivity contribution in [2.45, 2.75) is 79.7 Å². The lowest BCUT2D eigenvalue weighted by atomic mass is 9.98. The standard InChI is InChI=1S/C16H19FO.C8H13NO5.2C2H6/c1-5-6-12(2)7-8-13(3)15-11-14(17)9-10-16(15)18-4;1-5(4-8(13)14)9-6(10)2-3-7(11)12;2*1-2/h5-11,13H,1H2,2-4H3;5H,2-4H2,1H3,(H,9,10)(H,11,12)(H,13,14);2*1-2H3/b8-7-,12-6-;;;. The van der Waals surface area contributed by atoms with Crippen molar-refractivity contribution < 1.29 is 33.7 Å². The first-order chi connectivity index (χ1) is 17.0. The molecule has 2 atom stereocenters. The molecule has 1 aromatic rings. The molecule has 2 unspecified atom stereocenters. The topological polar surface area (TPSA) is 113 Å². The lowest BCUT2D eigenvalue weighted by molar-refractivity contribution is -0.140. The maximum atomic E-state index is 13.3. The van der Waals surface area contributed by atoms with Crippen LogP contribution in [0.2, 0.25) is 0 Å². The molecule has 1 amide bonds. The molecule has 8 heteroatoms. The Morgan fingerprint density at radius 1 is 1.08 bits per heavy atom. The second-order valence-corrected chi connectivity index (χ2v) is 7.14. The molecule has 0 saturated carbocycles. The number of allylic oxidation sites excluding steroid dienone is 5. The zero-order chi connectivity index (χ0) is 28.7. The van der Waals surface area contributed by atoms with Gasteiger partial charge in [-0.3, -0.25) is 14.4 Å². The number of benzene rings is 1. The van der Waals surface area contributed by atoms with Crippen LogP contribution in [-0.4, -0.2) is 41.2 Å². The molecule has 0 aliphatic rings. The first kappa shape index (κ1) is 37.1. The minimum atomic E-state index is -1.05. The van der Waals surface area contributed by atoms with E-state index in [0.29, 0.717) is 5.75 Å². The number of carboxylic acids is 2. The number of hydrogen-bond acceptors (Lipinski definition) is 4. The molecule has 1 rings (SSSR count). The Morgan fingerprint density at radius 2 is 1.67 bits per heavy atom. The summed E-state index contributed by atoms with van der Waals surface area (Å²) < 4.78 is 18.5. The van der Waals surface area contributed by atoms with E-state index < -0.39 is 23.9 Å². The Balaban J connectivity index is -0.000000544. The summed E-state index contributed by atoms with van der Waals surface area (Å²) in [5.41, 5.74) is 1.95. The molecule has 0 saturated heterocycles. The number of amides is 1. The van der Waals surface area contributed by atoms with Crippen molar-refractivity contribution in [3.8, 4) is 5.75 Å². The molecule has 0 aliphatic heterocycles. The molecule has 1 aromatic carbocycles. The first-order valence-corrected chi connectivity index (χ1v) is 12.0. The molecular formula is C28H44FNO6. The third kappa shape index (κ3) is 20.0. The van der Waals surface area contributed by atoms with Crippen molar-refractivity contribution >= 4 is 17.8 Å². The quantitative estimate of drug-likeness (QED) is 0.293. The summed E-state index contributed by atoms with van der Waals surface area (Å²) in [5.74, 6) is -1.95. The summed E-state index contributed by atoms with van der Waals surface area (Å²) in [6.45, 7) is 17.2. The zero-order valence-electron chi connectivity index (χ0n) is 22.9. The largest absolute Gasteiger partial charge is 0.496 e. The van der Waals surface area contributed by atoms with Gasteiger partial charge in [0.2, 0.25) is 5.91 Å². The van der Waals surface area contributed by atoms with Crippen molar-refractivity contribution in [3.05, 3.63) is 66.0 Å². The number of carboxylic acid groups (broad SMARTS) is 2. The number of methoxy groups -OCH3 is 1. The van der Waals surface area contributed by atoms with Crippen LogP contribution in [-0.2, 0) is 14.4 Å². The summed E-state index contributed by atoms with van der Waals surface area (Å²) >= 11 is 0. The fourth-order valence-corrected chi connectivity index (χ4v) is 2.58. The van der Waals surface area contributed by atoms with Gasteiger partial charge in [-0.1, -0.05) is 71.1 Å². The van der Waals surface area contributed by atoms with Crippen molar-refractivity contribution in [2.75, 3.05) is 7.11 Å². The maximum absolute atomic E-state index is 13.3. The van der Waals surface area contributed by atoms with Crippen LogP contribution in [0.15, 0.2) is 54.7 Å². The van der Waals surface area contributed by atoms with Crippen LogP contribution in [0.1, 0.15) is 79.2 Å². The second kappa shape index (κ2) is 23.3. The van der Waals surface area contributed by atoms with Gasteiger partial charge in [0.1, 0.15) is 11.6 Å². The van der Waals surface area contributed by atoms with E-state index >= 15 is 0 Å². The normalized spacial score (nSPS) is 11.8. The fraction of sp³-hybridized carbons (Fsp3) is 0.464. The second-order valence-electron chi connectivity index (χ2n) is 7.14. The minimum Gasteiger partial charge on any atom is -0.496 e. The zero-order valence-corrected chi connectivity index (χ0v) is 22.9. The van der Waals surface area contributed by atoms with Crippen molar-refractivity contribution in [1.82, 2.24) is 5.32 Å². The number of carbonyl (C=O) groups excluding carboxylic acids is 1. The Hall–Kier alpha value is -3.42. The third-order valence-electron chi connectivity index (χ3n) is 4.16. The summed E-state index contributed by atoms with van der Waals surface area (Å²) in [4.78, 5) is 31.3. The predicted molar refractivity (Wildman–Crippen MR) is 144 cm³/mol. The molecular weight excluding hydrogens is 465 g/mol. The predicted octanol–water partition coefficient (Wildman–Crippen LogP) is 6.51. The number of nitrogens with one attached hydrogen (secondary N) is 1. The van der Waals surface area contributed by atoms with E-state index in [1.807, 2.05) is 59.8 Å². The Labute approximate surface area is 215 Å². The molecule has 7 nitrogen and oxygen atoms in total. The molecule has 204 valence electrons. The highest BCUT2D eigenvalue weighted by Gasteiger charge is 2.12. The van der Waals surface area contributed by atoms with Crippen LogP contribution in [0.25, 0.3) is 0 Å². The van der Waals surface area contributed by atoms with Gasteiger partial charge in [0, 0.05) is 23.9 Å². The van der Waals surface area contributed by atoms with Gasteiger partial charge in [-0.25, -0.2) is 4.39 Å². The lowest BCUT2D eigenvalue weighted by Crippen LogP contribution is -2.34. The van der Waals surface area contributed by atoms with Gasteiger partial charge in [0.15, 0.2) is 0 Å². The molecule has 0 fully saturated rings. The molecule has 3 N–H and O–H groups in total. The first-order valence-electron chi connectivity index (χ1n) is 12.0. The number of hydrogen-bond donors (Lipinski definition) is 3. The van der Waals surface area contributed by atoms with E-state index in [2.05, 4.69) is 11.9 Å². The number of aliphatic carboxylic acids is 2. The van der Waals surface area contributed by atoms with E-state index in [9.17, 15) is 18.8 Å². The van der Waals surface area contributed by atoms with Crippen LogP contribution >= 0.6 is 0 Å². The van der Waals surface area contributed by atoms with Crippen LogP contribution < -0.4 is 10.1 Å². The highest BCUT2D eigenvalue weighted by atomic mass is 19.1. The van der Waals surface area contributed by atoms with Crippen LogP contribution in [0.5, 0.6) is 5.75 Å². The summed E-state index contributed by atoms with van der Waals surface area (Å²) in [5, 5.41) is 19.0. The highest BCUT2D eigenvalue weighted by molar-refractivity contribution is 5.81. The third-order valence-corrected chi connectivity index (χ3v) is 4.16. The Bertz CT molecular complexity index is 848. The van der Waals surface area contributed by atoms with E-state index in [1.54, 1.807) is 26.2 Å². The van der Waals surface area contributed by atoms with Gasteiger partial charge < -0.3 is 20.3 Å². The van der Waals surface area contributed by atoms with Gasteiger partial charge >= 0.3 is 11.9 Å². The van der Waals surface area contributed by atoms with Gasteiger partial charge in [-0.15, -0.1) is 0 Å². The van der Waals surface area contributed by atoms with Crippen LogP contribution in [0.3, 0.4) is 0 Å². The molecule has 0 spiro atoms. The number of halogens is 1. The summed E-state index contributed by atoms with van der Waals surface area (Å²) in [7, 11) is 1.59.